The number of primary amides is 1. The van der Waals surface area contributed by atoms with Gasteiger partial charge in [-0.2, -0.15) is 0 Å². The van der Waals surface area contributed by atoms with Crippen LogP contribution in [0.5, 0.6) is 0 Å². The minimum atomic E-state index is -0.460. The van der Waals surface area contributed by atoms with Gasteiger partial charge in [0.25, 0.3) is 5.91 Å². The number of hydrogen-bond donors (Lipinski definition) is 2. The molecule has 5 heteroatoms. The Hall–Kier alpha value is -2.66. The topological polar surface area (TPSA) is 83.6 Å². The van der Waals surface area contributed by atoms with E-state index in [9.17, 15) is 14.8 Å². The zero-order valence-electron chi connectivity index (χ0n) is 14.0. The van der Waals surface area contributed by atoms with Crippen molar-refractivity contribution in [2.24, 2.45) is 5.73 Å². The quantitative estimate of drug-likeness (QED) is 0.660. The Labute approximate surface area is 147 Å². The van der Waals surface area contributed by atoms with E-state index in [0.717, 1.165) is 41.9 Å². The Kier molecular flexibility index (Phi) is 5.14. The maximum absolute atomic E-state index is 12.4. The first kappa shape index (κ1) is 17.2. The van der Waals surface area contributed by atoms with E-state index in [1.165, 1.54) is 6.42 Å². The molecule has 25 heavy (non-hydrogen) atoms. The molecule has 0 bridgehead atoms. The first-order valence-electron chi connectivity index (χ1n) is 8.59. The summed E-state index contributed by atoms with van der Waals surface area (Å²) in [7, 11) is 0. The van der Waals surface area contributed by atoms with Gasteiger partial charge in [0.15, 0.2) is 0 Å². The van der Waals surface area contributed by atoms with Crippen molar-refractivity contribution in [3.8, 4) is 11.1 Å². The van der Waals surface area contributed by atoms with Gasteiger partial charge in [0.1, 0.15) is 0 Å². The van der Waals surface area contributed by atoms with Crippen LogP contribution in [0.15, 0.2) is 48.5 Å². The van der Waals surface area contributed by atoms with Gasteiger partial charge in [-0.1, -0.05) is 43.5 Å². The molecular formula is C20H22N2O3. The summed E-state index contributed by atoms with van der Waals surface area (Å²) in [5.74, 6) is -0.819. The van der Waals surface area contributed by atoms with Crippen LogP contribution in [-0.4, -0.2) is 28.1 Å². The van der Waals surface area contributed by atoms with E-state index >= 15 is 0 Å². The largest absolute Gasteiger partial charge is 0.366 e. The van der Waals surface area contributed by atoms with E-state index in [0.29, 0.717) is 11.1 Å². The Morgan fingerprint density at radius 2 is 1.32 bits per heavy atom. The fourth-order valence-electron chi connectivity index (χ4n) is 3.26. The maximum Gasteiger partial charge on any atom is 0.277 e. The Morgan fingerprint density at radius 3 is 1.80 bits per heavy atom. The molecule has 1 aliphatic carbocycles. The van der Waals surface area contributed by atoms with Crippen LogP contribution in [-0.2, 0) is 0 Å². The number of rotatable bonds is 4. The van der Waals surface area contributed by atoms with Crippen molar-refractivity contribution in [3.05, 3.63) is 59.7 Å². The lowest BCUT2D eigenvalue weighted by molar-refractivity contribution is -0.0963. The predicted molar refractivity (Wildman–Crippen MR) is 95.2 cm³/mol. The van der Waals surface area contributed by atoms with E-state index < -0.39 is 5.91 Å². The van der Waals surface area contributed by atoms with Crippen molar-refractivity contribution in [3.63, 3.8) is 0 Å². The SMILES string of the molecule is NC(=O)c1ccc(-c2ccc(C(=O)N(O)C3CCCCC3)cc2)cc1. The van der Waals surface area contributed by atoms with Gasteiger partial charge >= 0.3 is 0 Å². The lowest BCUT2D eigenvalue weighted by Crippen LogP contribution is -2.38. The number of hydroxylamine groups is 2. The maximum atomic E-state index is 12.4. The molecule has 0 heterocycles. The normalized spacial score (nSPS) is 14.9. The second-order valence-electron chi connectivity index (χ2n) is 6.46. The van der Waals surface area contributed by atoms with Crippen molar-refractivity contribution in [2.75, 3.05) is 0 Å². The summed E-state index contributed by atoms with van der Waals surface area (Å²) in [5, 5.41) is 11.1. The number of carbonyl (C=O) groups excluding carboxylic acids is 2. The molecule has 0 saturated heterocycles. The molecule has 0 spiro atoms. The van der Waals surface area contributed by atoms with Crippen LogP contribution in [0.25, 0.3) is 11.1 Å². The van der Waals surface area contributed by atoms with Gasteiger partial charge in [-0.25, -0.2) is 5.06 Å². The highest BCUT2D eigenvalue weighted by molar-refractivity contribution is 5.94. The molecule has 130 valence electrons. The van der Waals surface area contributed by atoms with Crippen LogP contribution in [0.4, 0.5) is 0 Å². The molecule has 2 aromatic carbocycles. The Morgan fingerprint density at radius 1 is 0.840 bits per heavy atom. The molecule has 2 amide bonds. The molecular weight excluding hydrogens is 316 g/mol. The van der Waals surface area contributed by atoms with Crippen molar-refractivity contribution < 1.29 is 14.8 Å². The van der Waals surface area contributed by atoms with E-state index in [1.54, 1.807) is 24.3 Å². The fourth-order valence-corrected chi connectivity index (χ4v) is 3.26. The van der Waals surface area contributed by atoms with Gasteiger partial charge in [0.05, 0.1) is 6.04 Å². The van der Waals surface area contributed by atoms with Crippen molar-refractivity contribution in [1.82, 2.24) is 5.06 Å². The van der Waals surface area contributed by atoms with Crippen LogP contribution in [0.3, 0.4) is 0 Å². The Balaban J connectivity index is 1.72. The molecule has 2 aromatic rings. The zero-order valence-corrected chi connectivity index (χ0v) is 14.0. The fraction of sp³-hybridized carbons (Fsp3) is 0.300. The summed E-state index contributed by atoms with van der Waals surface area (Å²) in [6, 6.07) is 14.0. The molecule has 0 aliphatic heterocycles. The number of hydrogen-bond acceptors (Lipinski definition) is 3. The third-order valence-electron chi connectivity index (χ3n) is 4.76. The van der Waals surface area contributed by atoms with Gasteiger partial charge in [0.2, 0.25) is 5.91 Å². The molecule has 0 aromatic heterocycles. The minimum absolute atomic E-state index is 0.0812. The van der Waals surface area contributed by atoms with Crippen molar-refractivity contribution in [2.45, 2.75) is 38.1 Å². The summed E-state index contributed by atoms with van der Waals surface area (Å²) >= 11 is 0. The summed E-state index contributed by atoms with van der Waals surface area (Å²) in [4.78, 5) is 23.6. The highest BCUT2D eigenvalue weighted by atomic mass is 16.5. The number of amides is 2. The summed E-state index contributed by atoms with van der Waals surface area (Å²) in [5.41, 5.74) is 8.02. The third-order valence-corrected chi connectivity index (χ3v) is 4.76. The molecule has 0 unspecified atom stereocenters. The Bertz CT molecular complexity index is 748. The van der Waals surface area contributed by atoms with Crippen LogP contribution in [0.2, 0.25) is 0 Å². The lowest BCUT2D eigenvalue weighted by atomic mass is 9.95. The van der Waals surface area contributed by atoms with Gasteiger partial charge in [-0.05, 0) is 48.2 Å². The first-order valence-corrected chi connectivity index (χ1v) is 8.59. The summed E-state index contributed by atoms with van der Waals surface area (Å²) < 4.78 is 0. The van der Waals surface area contributed by atoms with E-state index in [4.69, 9.17) is 5.73 Å². The smallest absolute Gasteiger partial charge is 0.277 e. The highest BCUT2D eigenvalue weighted by Crippen LogP contribution is 2.24. The zero-order chi connectivity index (χ0) is 17.8. The number of benzene rings is 2. The standard InChI is InChI=1S/C20H22N2O3/c21-19(23)16-10-6-14(7-11-16)15-8-12-17(13-9-15)20(24)22(25)18-4-2-1-3-5-18/h6-13,18,25H,1-5H2,(H2,21,23). The molecule has 1 fully saturated rings. The van der Waals surface area contributed by atoms with E-state index in [-0.39, 0.29) is 11.9 Å². The van der Waals surface area contributed by atoms with Crippen LogP contribution < -0.4 is 5.73 Å². The number of carbonyl (C=O) groups is 2. The second kappa shape index (κ2) is 7.49. The molecule has 0 radical (unpaired) electrons. The summed E-state index contributed by atoms with van der Waals surface area (Å²) in [6.07, 6.45) is 4.98. The monoisotopic (exact) mass is 338 g/mol. The van der Waals surface area contributed by atoms with Crippen molar-refractivity contribution in [1.29, 1.82) is 0 Å². The molecule has 0 atom stereocenters. The minimum Gasteiger partial charge on any atom is -0.366 e. The van der Waals surface area contributed by atoms with Crippen LogP contribution in [0.1, 0.15) is 52.8 Å². The van der Waals surface area contributed by atoms with E-state index in [1.807, 2.05) is 24.3 Å². The lowest BCUT2D eigenvalue weighted by Gasteiger charge is -2.29. The van der Waals surface area contributed by atoms with Gasteiger partial charge in [0, 0.05) is 11.1 Å². The average Bonchev–Trinajstić information content (AvgIpc) is 2.67. The van der Waals surface area contributed by atoms with Gasteiger partial charge < -0.3 is 5.73 Å². The van der Waals surface area contributed by atoms with Gasteiger partial charge in [-0.3, -0.25) is 14.8 Å². The average molecular weight is 338 g/mol. The molecule has 3 rings (SSSR count). The first-order chi connectivity index (χ1) is 12.1. The second-order valence-corrected chi connectivity index (χ2v) is 6.46. The summed E-state index contributed by atoms with van der Waals surface area (Å²) in [6.45, 7) is 0. The molecule has 1 aliphatic rings. The molecule has 3 N–H and O–H groups in total. The predicted octanol–water partition coefficient (Wildman–Crippen LogP) is 3.62. The molecule has 1 saturated carbocycles. The van der Waals surface area contributed by atoms with Gasteiger partial charge in [-0.15, -0.1) is 0 Å². The van der Waals surface area contributed by atoms with E-state index in [2.05, 4.69) is 0 Å². The number of nitrogens with zero attached hydrogens (tertiary/aromatic N) is 1. The third kappa shape index (κ3) is 3.88. The van der Waals surface area contributed by atoms with Crippen LogP contribution >= 0.6 is 0 Å². The van der Waals surface area contributed by atoms with Crippen molar-refractivity contribution >= 4 is 11.8 Å². The number of nitrogens with two attached hydrogens (primary N) is 1. The highest BCUT2D eigenvalue weighted by Gasteiger charge is 2.24. The van der Waals surface area contributed by atoms with Crippen LogP contribution in [0, 0.1) is 0 Å². The molecule has 5 nitrogen and oxygen atoms in total.